The van der Waals surface area contributed by atoms with Crippen LogP contribution in [0.2, 0.25) is 0 Å². The highest BCUT2D eigenvalue weighted by atomic mass is 16.5. The van der Waals surface area contributed by atoms with E-state index < -0.39 is 11.5 Å². The number of rotatable bonds is 8. The van der Waals surface area contributed by atoms with Crippen molar-refractivity contribution >= 4 is 23.2 Å². The van der Waals surface area contributed by atoms with Gasteiger partial charge in [-0.1, -0.05) is 0 Å². The van der Waals surface area contributed by atoms with E-state index in [-0.39, 0.29) is 12.5 Å². The fourth-order valence-corrected chi connectivity index (χ4v) is 3.13. The molecule has 1 aromatic heterocycles. The van der Waals surface area contributed by atoms with Crippen molar-refractivity contribution < 1.29 is 23.8 Å². The van der Waals surface area contributed by atoms with E-state index in [4.69, 9.17) is 14.2 Å². The number of carbonyl (C=O) groups is 2. The number of methoxy groups -OCH3 is 3. The Labute approximate surface area is 190 Å². The van der Waals surface area contributed by atoms with E-state index in [0.717, 1.165) is 4.68 Å². The first-order valence-corrected chi connectivity index (χ1v) is 9.90. The summed E-state index contributed by atoms with van der Waals surface area (Å²) in [7, 11) is 4.52. The van der Waals surface area contributed by atoms with Gasteiger partial charge in [0.1, 0.15) is 23.8 Å². The van der Waals surface area contributed by atoms with Gasteiger partial charge in [-0.15, -0.1) is 0 Å². The second-order valence-electron chi connectivity index (χ2n) is 6.93. The first-order chi connectivity index (χ1) is 15.8. The van der Waals surface area contributed by atoms with Gasteiger partial charge in [-0.25, -0.2) is 4.68 Å². The van der Waals surface area contributed by atoms with Crippen LogP contribution in [-0.2, 0) is 16.1 Å². The Morgan fingerprint density at radius 2 is 1.64 bits per heavy atom. The molecule has 0 aliphatic heterocycles. The lowest BCUT2D eigenvalue weighted by atomic mass is 10.1. The summed E-state index contributed by atoms with van der Waals surface area (Å²) in [5, 5.41) is 9.66. The maximum absolute atomic E-state index is 12.7. The highest BCUT2D eigenvalue weighted by Gasteiger charge is 2.14. The lowest BCUT2D eigenvalue weighted by Gasteiger charge is -2.14. The predicted octanol–water partition coefficient (Wildman–Crippen LogP) is 2.53. The Morgan fingerprint density at radius 3 is 2.30 bits per heavy atom. The smallest absolute Gasteiger partial charge is 0.267 e. The SMILES string of the molecule is COc1ccc(OC)c(-c2ccc(=O)n(CC(=O)Nc3cc(NC(C)=O)ccc3OC)n2)c1. The normalized spacial score (nSPS) is 10.3. The number of nitrogens with zero attached hydrogens (tertiary/aromatic N) is 2. The average molecular weight is 452 g/mol. The number of hydrogen-bond donors (Lipinski definition) is 2. The van der Waals surface area contributed by atoms with Crippen LogP contribution in [0.15, 0.2) is 53.3 Å². The second-order valence-corrected chi connectivity index (χ2v) is 6.93. The van der Waals surface area contributed by atoms with Crippen molar-refractivity contribution in [2.45, 2.75) is 13.5 Å². The summed E-state index contributed by atoms with van der Waals surface area (Å²) >= 11 is 0. The number of amides is 2. The molecule has 0 saturated heterocycles. The van der Waals surface area contributed by atoms with Gasteiger partial charge < -0.3 is 24.8 Å². The minimum absolute atomic E-state index is 0.252. The minimum Gasteiger partial charge on any atom is -0.497 e. The molecule has 0 spiro atoms. The van der Waals surface area contributed by atoms with Gasteiger partial charge in [0.15, 0.2) is 0 Å². The molecule has 2 aromatic carbocycles. The molecule has 2 N–H and O–H groups in total. The van der Waals surface area contributed by atoms with Gasteiger partial charge in [-0.3, -0.25) is 14.4 Å². The van der Waals surface area contributed by atoms with Gasteiger partial charge in [0.05, 0.1) is 32.7 Å². The Kier molecular flexibility index (Phi) is 7.29. The van der Waals surface area contributed by atoms with Crippen molar-refractivity contribution in [2.24, 2.45) is 0 Å². The number of hydrogen-bond acceptors (Lipinski definition) is 7. The van der Waals surface area contributed by atoms with E-state index >= 15 is 0 Å². The lowest BCUT2D eigenvalue weighted by Crippen LogP contribution is -2.29. The summed E-state index contributed by atoms with van der Waals surface area (Å²) in [6, 6.07) is 12.9. The van der Waals surface area contributed by atoms with Crippen molar-refractivity contribution in [1.82, 2.24) is 9.78 Å². The lowest BCUT2D eigenvalue weighted by molar-refractivity contribution is -0.117. The molecule has 0 aliphatic carbocycles. The van der Waals surface area contributed by atoms with Crippen LogP contribution in [0.25, 0.3) is 11.3 Å². The van der Waals surface area contributed by atoms with Crippen molar-refractivity contribution in [3.63, 3.8) is 0 Å². The summed E-state index contributed by atoms with van der Waals surface area (Å²) in [6.07, 6.45) is 0. The van der Waals surface area contributed by atoms with Crippen LogP contribution in [0.5, 0.6) is 17.2 Å². The molecular formula is C23H24N4O6. The second kappa shape index (κ2) is 10.3. The van der Waals surface area contributed by atoms with Gasteiger partial charge in [-0.05, 0) is 42.5 Å². The van der Waals surface area contributed by atoms with Gasteiger partial charge in [0.2, 0.25) is 11.8 Å². The number of nitrogens with one attached hydrogen (secondary N) is 2. The standard InChI is InChI=1S/C23H24N4O6/c1-14(28)24-15-5-8-21(33-4)19(11-15)25-22(29)13-27-23(30)10-7-18(26-27)17-12-16(31-2)6-9-20(17)32-3/h5-12H,13H2,1-4H3,(H,24,28)(H,25,29). The predicted molar refractivity (Wildman–Crippen MR) is 123 cm³/mol. The molecule has 1 heterocycles. The Balaban J connectivity index is 1.87. The summed E-state index contributed by atoms with van der Waals surface area (Å²) in [5.74, 6) is 0.773. The monoisotopic (exact) mass is 452 g/mol. The van der Waals surface area contributed by atoms with E-state index in [1.165, 1.54) is 27.2 Å². The summed E-state index contributed by atoms with van der Waals surface area (Å²) in [5.41, 5.74) is 1.42. The topological polar surface area (TPSA) is 121 Å². The third-order valence-electron chi connectivity index (χ3n) is 4.64. The van der Waals surface area contributed by atoms with Gasteiger partial charge in [0, 0.05) is 24.2 Å². The first kappa shape index (κ1) is 23.3. The summed E-state index contributed by atoms with van der Waals surface area (Å²) < 4.78 is 17.0. The zero-order valence-corrected chi connectivity index (χ0v) is 18.7. The van der Waals surface area contributed by atoms with Crippen LogP contribution in [0.1, 0.15) is 6.92 Å². The maximum Gasteiger partial charge on any atom is 0.267 e. The van der Waals surface area contributed by atoms with Crippen LogP contribution in [0, 0.1) is 0 Å². The highest BCUT2D eigenvalue weighted by molar-refractivity contribution is 5.94. The molecule has 0 saturated carbocycles. The quantitative estimate of drug-likeness (QED) is 0.539. The molecule has 3 rings (SSSR count). The molecule has 0 aliphatic rings. The fraction of sp³-hybridized carbons (Fsp3) is 0.217. The summed E-state index contributed by atoms with van der Waals surface area (Å²) in [6.45, 7) is 1.04. The zero-order chi connectivity index (χ0) is 24.0. The maximum atomic E-state index is 12.7. The number of aromatic nitrogens is 2. The zero-order valence-electron chi connectivity index (χ0n) is 18.7. The third kappa shape index (κ3) is 5.67. The minimum atomic E-state index is -0.502. The fourth-order valence-electron chi connectivity index (χ4n) is 3.13. The Morgan fingerprint density at radius 1 is 0.909 bits per heavy atom. The largest absolute Gasteiger partial charge is 0.497 e. The number of ether oxygens (including phenoxy) is 3. The molecule has 0 unspecified atom stereocenters. The molecule has 33 heavy (non-hydrogen) atoms. The van der Waals surface area contributed by atoms with Crippen molar-refractivity contribution in [3.8, 4) is 28.5 Å². The van der Waals surface area contributed by atoms with Crippen LogP contribution >= 0.6 is 0 Å². The Hall–Kier alpha value is -4.34. The van der Waals surface area contributed by atoms with Gasteiger partial charge >= 0.3 is 0 Å². The molecule has 0 bridgehead atoms. The van der Waals surface area contributed by atoms with Crippen LogP contribution in [0.3, 0.4) is 0 Å². The first-order valence-electron chi connectivity index (χ1n) is 9.90. The third-order valence-corrected chi connectivity index (χ3v) is 4.64. The van der Waals surface area contributed by atoms with Crippen LogP contribution in [-0.4, -0.2) is 42.9 Å². The highest BCUT2D eigenvalue weighted by Crippen LogP contribution is 2.32. The van der Waals surface area contributed by atoms with E-state index in [1.54, 1.807) is 49.6 Å². The van der Waals surface area contributed by atoms with Crippen molar-refractivity contribution in [3.05, 3.63) is 58.9 Å². The molecule has 0 atom stereocenters. The molecule has 0 radical (unpaired) electrons. The molecule has 10 heteroatoms. The van der Waals surface area contributed by atoms with Gasteiger partial charge in [0.25, 0.3) is 5.56 Å². The van der Waals surface area contributed by atoms with E-state index in [0.29, 0.717) is 39.9 Å². The molecule has 2 amide bonds. The van der Waals surface area contributed by atoms with Crippen LogP contribution in [0.4, 0.5) is 11.4 Å². The molecular weight excluding hydrogens is 428 g/mol. The molecule has 10 nitrogen and oxygen atoms in total. The van der Waals surface area contributed by atoms with Crippen molar-refractivity contribution in [2.75, 3.05) is 32.0 Å². The van der Waals surface area contributed by atoms with E-state index in [2.05, 4.69) is 15.7 Å². The average Bonchev–Trinajstić information content (AvgIpc) is 2.80. The van der Waals surface area contributed by atoms with Gasteiger partial charge in [-0.2, -0.15) is 5.10 Å². The molecule has 172 valence electrons. The van der Waals surface area contributed by atoms with Crippen LogP contribution < -0.4 is 30.4 Å². The van der Waals surface area contributed by atoms with Crippen molar-refractivity contribution in [1.29, 1.82) is 0 Å². The van der Waals surface area contributed by atoms with E-state index in [1.807, 2.05) is 0 Å². The number of benzene rings is 2. The number of anilines is 2. The molecule has 0 fully saturated rings. The van der Waals surface area contributed by atoms with E-state index in [9.17, 15) is 14.4 Å². The Bertz CT molecular complexity index is 1240. The number of carbonyl (C=O) groups excluding carboxylic acids is 2. The summed E-state index contributed by atoms with van der Waals surface area (Å²) in [4.78, 5) is 36.4. The molecule has 3 aromatic rings.